The monoisotopic (exact) mass is 301 g/mol. The van der Waals surface area contributed by atoms with Gasteiger partial charge in [0, 0.05) is 11.7 Å². The molecule has 2 N–H and O–H groups in total. The molecule has 0 bridgehead atoms. The molecule has 2 nitrogen and oxygen atoms in total. The highest BCUT2D eigenvalue weighted by molar-refractivity contribution is 6.37. The van der Waals surface area contributed by atoms with Crippen LogP contribution in [0.25, 0.3) is 0 Å². The summed E-state index contributed by atoms with van der Waals surface area (Å²) in [5.74, 6) is 0.833. The molecular weight excluding hydrogens is 281 g/mol. The number of rotatable bonds is 3. The van der Waals surface area contributed by atoms with Gasteiger partial charge in [0.15, 0.2) is 5.75 Å². The minimum Gasteiger partial charge on any atom is -0.505 e. The first-order chi connectivity index (χ1) is 9.10. The van der Waals surface area contributed by atoms with Crippen LogP contribution in [0.15, 0.2) is 12.1 Å². The highest BCUT2D eigenvalue weighted by atomic mass is 35.5. The summed E-state index contributed by atoms with van der Waals surface area (Å²) in [6.45, 7) is 2.28. The summed E-state index contributed by atoms with van der Waals surface area (Å²) in [6.07, 6.45) is 7.56. The van der Waals surface area contributed by atoms with Gasteiger partial charge in [-0.2, -0.15) is 0 Å². The van der Waals surface area contributed by atoms with Crippen LogP contribution >= 0.6 is 23.2 Å². The molecule has 1 saturated carbocycles. The van der Waals surface area contributed by atoms with E-state index in [1.807, 2.05) is 0 Å². The molecule has 2 unspecified atom stereocenters. The largest absolute Gasteiger partial charge is 0.505 e. The van der Waals surface area contributed by atoms with Crippen molar-refractivity contribution >= 4 is 28.9 Å². The molecule has 0 heterocycles. The van der Waals surface area contributed by atoms with Crippen LogP contribution in [0.3, 0.4) is 0 Å². The van der Waals surface area contributed by atoms with Gasteiger partial charge in [0.25, 0.3) is 0 Å². The third-order valence-corrected chi connectivity index (χ3v) is 4.63. The van der Waals surface area contributed by atoms with Gasteiger partial charge in [0.1, 0.15) is 0 Å². The smallest absolute Gasteiger partial charge is 0.152 e. The van der Waals surface area contributed by atoms with Crippen molar-refractivity contribution < 1.29 is 5.11 Å². The van der Waals surface area contributed by atoms with Crippen molar-refractivity contribution in [3.8, 4) is 5.75 Å². The molecule has 19 heavy (non-hydrogen) atoms. The third kappa shape index (κ3) is 3.93. The first-order valence-electron chi connectivity index (χ1n) is 7.04. The van der Waals surface area contributed by atoms with Gasteiger partial charge >= 0.3 is 0 Å². The molecule has 2 rings (SSSR count). The minimum absolute atomic E-state index is 0.0409. The van der Waals surface area contributed by atoms with E-state index >= 15 is 0 Å². The van der Waals surface area contributed by atoms with E-state index in [0.29, 0.717) is 16.1 Å². The second kappa shape index (κ2) is 6.71. The number of hydrogen-bond acceptors (Lipinski definition) is 2. The quantitative estimate of drug-likeness (QED) is 0.573. The lowest BCUT2D eigenvalue weighted by molar-refractivity contribution is 0.444. The average Bonchev–Trinajstić information content (AvgIpc) is 2.61. The van der Waals surface area contributed by atoms with Crippen LogP contribution in [0.2, 0.25) is 10.0 Å². The van der Waals surface area contributed by atoms with Gasteiger partial charge < -0.3 is 10.4 Å². The van der Waals surface area contributed by atoms with E-state index < -0.39 is 0 Å². The molecule has 0 aromatic heterocycles. The molecule has 0 aliphatic heterocycles. The zero-order chi connectivity index (χ0) is 13.8. The summed E-state index contributed by atoms with van der Waals surface area (Å²) in [5.41, 5.74) is 0.896. The molecule has 0 saturated heterocycles. The fourth-order valence-electron chi connectivity index (χ4n) is 2.82. The number of benzene rings is 1. The Bertz CT molecular complexity index is 413. The van der Waals surface area contributed by atoms with Crippen LogP contribution in [0.5, 0.6) is 5.75 Å². The van der Waals surface area contributed by atoms with Crippen LogP contribution in [0.1, 0.15) is 45.4 Å². The maximum absolute atomic E-state index is 9.56. The number of nitrogens with one attached hydrogen (secondary N) is 1. The molecule has 1 aliphatic rings. The van der Waals surface area contributed by atoms with Crippen molar-refractivity contribution in [2.24, 2.45) is 5.92 Å². The maximum atomic E-state index is 9.56. The van der Waals surface area contributed by atoms with E-state index in [2.05, 4.69) is 12.2 Å². The molecule has 4 heteroatoms. The number of phenolic OH excluding ortho intramolecular Hbond substituents is 1. The second-order valence-corrected chi connectivity index (χ2v) is 6.23. The fraction of sp³-hybridized carbons (Fsp3) is 0.600. The molecule has 1 aliphatic carbocycles. The number of aromatic hydroxyl groups is 1. The molecule has 1 fully saturated rings. The van der Waals surface area contributed by atoms with Crippen LogP contribution in [-0.4, -0.2) is 11.1 Å². The number of phenols is 1. The van der Waals surface area contributed by atoms with E-state index in [9.17, 15) is 5.11 Å². The molecule has 0 radical (unpaired) electrons. The number of halogens is 2. The summed E-state index contributed by atoms with van der Waals surface area (Å²) in [5, 5.41) is 13.7. The molecular formula is C15H21Cl2NO. The lowest BCUT2D eigenvalue weighted by atomic mass is 9.98. The summed E-state index contributed by atoms with van der Waals surface area (Å²) < 4.78 is 0. The van der Waals surface area contributed by atoms with Gasteiger partial charge in [-0.25, -0.2) is 0 Å². The van der Waals surface area contributed by atoms with Gasteiger partial charge in [-0.1, -0.05) is 49.4 Å². The molecule has 1 aromatic rings. The highest BCUT2D eigenvalue weighted by Crippen LogP contribution is 2.35. The van der Waals surface area contributed by atoms with E-state index in [4.69, 9.17) is 23.2 Å². The lowest BCUT2D eigenvalue weighted by Gasteiger charge is -2.18. The Kier molecular flexibility index (Phi) is 5.23. The lowest BCUT2D eigenvalue weighted by Crippen LogP contribution is -2.18. The predicted molar refractivity (Wildman–Crippen MR) is 82.4 cm³/mol. The fourth-order valence-corrected chi connectivity index (χ4v) is 3.30. The van der Waals surface area contributed by atoms with Gasteiger partial charge in [-0.05, 0) is 37.3 Å². The second-order valence-electron chi connectivity index (χ2n) is 5.41. The van der Waals surface area contributed by atoms with Crippen molar-refractivity contribution in [1.29, 1.82) is 0 Å². The number of anilines is 1. The van der Waals surface area contributed by atoms with Gasteiger partial charge in [-0.3, -0.25) is 0 Å². The van der Waals surface area contributed by atoms with Crippen molar-refractivity contribution in [1.82, 2.24) is 0 Å². The summed E-state index contributed by atoms with van der Waals surface area (Å²) in [4.78, 5) is 0. The van der Waals surface area contributed by atoms with E-state index in [1.165, 1.54) is 38.5 Å². The zero-order valence-corrected chi connectivity index (χ0v) is 12.8. The predicted octanol–water partition coefficient (Wildman–Crippen LogP) is 5.47. The van der Waals surface area contributed by atoms with E-state index in [-0.39, 0.29) is 5.75 Å². The molecule has 0 amide bonds. The first-order valence-corrected chi connectivity index (χ1v) is 7.80. The molecule has 0 spiro atoms. The maximum Gasteiger partial charge on any atom is 0.152 e. The summed E-state index contributed by atoms with van der Waals surface area (Å²) in [7, 11) is 0. The zero-order valence-electron chi connectivity index (χ0n) is 11.3. The van der Waals surface area contributed by atoms with Gasteiger partial charge in [0.2, 0.25) is 0 Å². The average molecular weight is 302 g/mol. The standard InChI is InChI=1S/C15H21Cl2NO/c1-2-10-4-3-5-11(7-6-10)18-12-8-13(16)15(19)14(17)9-12/h8-11,18-19H,2-7H2,1H3. The van der Waals surface area contributed by atoms with Crippen LogP contribution in [0.4, 0.5) is 5.69 Å². The third-order valence-electron chi connectivity index (χ3n) is 4.05. The Morgan fingerprint density at radius 2 is 1.84 bits per heavy atom. The molecule has 106 valence electrons. The highest BCUT2D eigenvalue weighted by Gasteiger charge is 2.18. The van der Waals surface area contributed by atoms with E-state index in [1.54, 1.807) is 12.1 Å². The minimum atomic E-state index is -0.0409. The van der Waals surface area contributed by atoms with Crippen LogP contribution in [-0.2, 0) is 0 Å². The summed E-state index contributed by atoms with van der Waals surface area (Å²) in [6, 6.07) is 3.96. The Balaban J connectivity index is 2.01. The van der Waals surface area contributed by atoms with Crippen LogP contribution in [0, 0.1) is 5.92 Å². The Hall–Kier alpha value is -0.600. The van der Waals surface area contributed by atoms with Crippen molar-refractivity contribution in [2.45, 2.75) is 51.5 Å². The molecule has 2 atom stereocenters. The first kappa shape index (κ1) is 14.8. The Morgan fingerprint density at radius 1 is 1.16 bits per heavy atom. The SMILES string of the molecule is CCC1CCCC(Nc2cc(Cl)c(O)c(Cl)c2)CC1. The normalized spacial score (nSPS) is 23.9. The topological polar surface area (TPSA) is 32.3 Å². The Morgan fingerprint density at radius 3 is 2.47 bits per heavy atom. The Labute approximate surface area is 125 Å². The van der Waals surface area contributed by atoms with Crippen LogP contribution < -0.4 is 5.32 Å². The van der Waals surface area contributed by atoms with Crippen molar-refractivity contribution in [3.05, 3.63) is 22.2 Å². The molecule has 1 aromatic carbocycles. The van der Waals surface area contributed by atoms with E-state index in [0.717, 1.165) is 11.6 Å². The van der Waals surface area contributed by atoms with Gasteiger partial charge in [0.05, 0.1) is 10.0 Å². The van der Waals surface area contributed by atoms with Crippen molar-refractivity contribution in [3.63, 3.8) is 0 Å². The van der Waals surface area contributed by atoms with Gasteiger partial charge in [-0.15, -0.1) is 0 Å². The van der Waals surface area contributed by atoms with Crippen molar-refractivity contribution in [2.75, 3.05) is 5.32 Å². The summed E-state index contributed by atoms with van der Waals surface area (Å²) >= 11 is 11.9. The number of hydrogen-bond donors (Lipinski definition) is 2.